The number of rotatable bonds is 9. The number of carbonyl (C=O) groups is 1. The molecule has 2 heterocycles. The van der Waals surface area contributed by atoms with Crippen LogP contribution in [0.15, 0.2) is 62.8 Å². The zero-order valence-corrected chi connectivity index (χ0v) is 13.8. The van der Waals surface area contributed by atoms with E-state index in [1.165, 1.54) is 6.08 Å². The molecule has 0 radical (unpaired) electrons. The van der Waals surface area contributed by atoms with Gasteiger partial charge in [0.15, 0.2) is 0 Å². The molecule has 2 rings (SSSR count). The fourth-order valence-electron chi connectivity index (χ4n) is 1.95. The highest BCUT2D eigenvalue weighted by molar-refractivity contribution is 5.96. The molecule has 0 spiro atoms. The molecule has 126 valence electrons. The number of amides is 1. The van der Waals surface area contributed by atoms with Gasteiger partial charge in [0, 0.05) is 24.9 Å². The molecular weight excluding hydrogens is 304 g/mol. The van der Waals surface area contributed by atoms with E-state index in [1.807, 2.05) is 31.2 Å². The van der Waals surface area contributed by atoms with Gasteiger partial charge < -0.3 is 14.2 Å². The quantitative estimate of drug-likeness (QED) is 0.431. The Balaban J connectivity index is 1.56. The minimum absolute atomic E-state index is 0.118. The summed E-state index contributed by atoms with van der Waals surface area (Å²) >= 11 is 0. The largest absolute Gasteiger partial charge is 0.465 e. The minimum atomic E-state index is -0.118. The normalized spacial score (nSPS) is 12.3. The molecule has 0 bridgehead atoms. The smallest absolute Gasteiger partial charge is 0.244 e. The van der Waals surface area contributed by atoms with E-state index in [2.05, 4.69) is 10.3 Å². The molecule has 1 N–H and O–H groups in total. The highest BCUT2D eigenvalue weighted by Crippen LogP contribution is 2.03. The molecule has 0 saturated heterocycles. The first-order valence-electron chi connectivity index (χ1n) is 7.96. The van der Waals surface area contributed by atoms with Gasteiger partial charge in [0.05, 0.1) is 12.5 Å². The van der Waals surface area contributed by atoms with Crippen LogP contribution < -0.4 is 5.32 Å². The van der Waals surface area contributed by atoms with Crippen molar-refractivity contribution < 1.29 is 13.6 Å². The Morgan fingerprint density at radius 1 is 1.08 bits per heavy atom. The molecule has 5 nitrogen and oxygen atoms in total. The predicted molar refractivity (Wildman–Crippen MR) is 95.7 cm³/mol. The maximum absolute atomic E-state index is 11.6. The van der Waals surface area contributed by atoms with Crippen LogP contribution in [0.5, 0.6) is 0 Å². The molecule has 0 aliphatic carbocycles. The van der Waals surface area contributed by atoms with Gasteiger partial charge in [-0.25, -0.2) is 0 Å². The summed E-state index contributed by atoms with van der Waals surface area (Å²) in [6.45, 7) is 3.34. The molecule has 0 unspecified atom stereocenters. The summed E-state index contributed by atoms with van der Waals surface area (Å²) in [5, 5.41) is 2.83. The zero-order chi connectivity index (χ0) is 17.0. The summed E-state index contributed by atoms with van der Waals surface area (Å²) in [7, 11) is 0. The van der Waals surface area contributed by atoms with Crippen LogP contribution in [0.3, 0.4) is 0 Å². The third-order valence-corrected chi connectivity index (χ3v) is 3.22. The number of hydrogen-bond acceptors (Lipinski definition) is 4. The lowest BCUT2D eigenvalue weighted by Gasteiger charge is -2.01. The van der Waals surface area contributed by atoms with E-state index in [0.717, 1.165) is 30.9 Å². The summed E-state index contributed by atoms with van der Waals surface area (Å²) in [6, 6.07) is 7.32. The van der Waals surface area contributed by atoms with Crippen LogP contribution in [0.2, 0.25) is 0 Å². The van der Waals surface area contributed by atoms with Gasteiger partial charge in [-0.1, -0.05) is 0 Å². The van der Waals surface area contributed by atoms with E-state index in [-0.39, 0.29) is 5.91 Å². The van der Waals surface area contributed by atoms with Crippen molar-refractivity contribution in [2.75, 3.05) is 13.1 Å². The number of aliphatic imine (C=N–C) groups is 1. The Hall–Kier alpha value is -2.82. The second-order valence-corrected chi connectivity index (χ2v) is 5.22. The van der Waals surface area contributed by atoms with Crippen molar-refractivity contribution in [2.24, 2.45) is 4.99 Å². The van der Waals surface area contributed by atoms with E-state index in [4.69, 9.17) is 8.83 Å². The molecule has 0 aliphatic heterocycles. The van der Waals surface area contributed by atoms with E-state index >= 15 is 0 Å². The van der Waals surface area contributed by atoms with E-state index < -0.39 is 0 Å². The highest BCUT2D eigenvalue weighted by atomic mass is 16.3. The molecule has 0 saturated carbocycles. The number of allylic oxidation sites excluding steroid dienone is 1. The van der Waals surface area contributed by atoms with Crippen LogP contribution in [0, 0.1) is 0 Å². The third kappa shape index (κ3) is 6.96. The van der Waals surface area contributed by atoms with E-state index in [0.29, 0.717) is 12.3 Å². The highest BCUT2D eigenvalue weighted by Gasteiger charge is 1.96. The van der Waals surface area contributed by atoms with Crippen molar-refractivity contribution in [3.8, 4) is 0 Å². The fraction of sp³-hybridized carbons (Fsp3) is 0.263. The number of furan rings is 2. The van der Waals surface area contributed by atoms with Gasteiger partial charge in [0.1, 0.15) is 11.5 Å². The van der Waals surface area contributed by atoms with Gasteiger partial charge in [-0.2, -0.15) is 0 Å². The molecule has 0 fully saturated rings. The maximum Gasteiger partial charge on any atom is 0.244 e. The Kier molecular flexibility index (Phi) is 7.34. The molecule has 0 aliphatic rings. The SMILES string of the molecule is CC(/C=C/c1ccco1)=NCCCCNC(=O)/C=C/c1ccco1. The van der Waals surface area contributed by atoms with Crippen molar-refractivity contribution in [1.29, 1.82) is 0 Å². The molecular formula is C19H22N2O3. The number of nitrogens with one attached hydrogen (secondary N) is 1. The summed E-state index contributed by atoms with van der Waals surface area (Å²) in [6.07, 6.45) is 12.0. The van der Waals surface area contributed by atoms with Crippen LogP contribution >= 0.6 is 0 Å². The number of hydrogen-bond donors (Lipinski definition) is 1. The summed E-state index contributed by atoms with van der Waals surface area (Å²) in [4.78, 5) is 16.1. The van der Waals surface area contributed by atoms with Crippen molar-refractivity contribution in [3.63, 3.8) is 0 Å². The van der Waals surface area contributed by atoms with E-state index in [9.17, 15) is 4.79 Å². The monoisotopic (exact) mass is 326 g/mol. The predicted octanol–water partition coefficient (Wildman–Crippen LogP) is 3.96. The van der Waals surface area contributed by atoms with Crippen LogP contribution in [-0.4, -0.2) is 24.7 Å². The Morgan fingerprint density at radius 3 is 2.38 bits per heavy atom. The second-order valence-electron chi connectivity index (χ2n) is 5.22. The van der Waals surface area contributed by atoms with Gasteiger partial charge in [0.2, 0.25) is 5.91 Å². The lowest BCUT2D eigenvalue weighted by atomic mass is 10.3. The first-order valence-corrected chi connectivity index (χ1v) is 7.96. The Morgan fingerprint density at radius 2 is 1.75 bits per heavy atom. The van der Waals surface area contributed by atoms with Gasteiger partial charge in [-0.15, -0.1) is 0 Å². The van der Waals surface area contributed by atoms with Crippen LogP contribution in [-0.2, 0) is 4.79 Å². The Bertz CT molecular complexity index is 680. The van der Waals surface area contributed by atoms with Crippen LogP contribution in [0.4, 0.5) is 0 Å². The molecule has 2 aromatic heterocycles. The summed E-state index contributed by atoms with van der Waals surface area (Å²) in [5.74, 6) is 1.36. The van der Waals surface area contributed by atoms with Crippen molar-refractivity contribution in [2.45, 2.75) is 19.8 Å². The molecule has 0 aromatic carbocycles. The lowest BCUT2D eigenvalue weighted by molar-refractivity contribution is -0.116. The molecule has 1 amide bonds. The second kappa shape index (κ2) is 10.0. The maximum atomic E-state index is 11.6. The molecule has 2 aromatic rings. The van der Waals surface area contributed by atoms with Crippen molar-refractivity contribution in [3.05, 3.63) is 60.5 Å². The average Bonchev–Trinajstić information content (AvgIpc) is 3.27. The van der Waals surface area contributed by atoms with Crippen molar-refractivity contribution >= 4 is 23.8 Å². The summed E-state index contributed by atoms with van der Waals surface area (Å²) < 4.78 is 10.3. The lowest BCUT2D eigenvalue weighted by Crippen LogP contribution is -2.22. The van der Waals surface area contributed by atoms with Crippen LogP contribution in [0.1, 0.15) is 31.3 Å². The number of unbranched alkanes of at least 4 members (excludes halogenated alkanes) is 1. The van der Waals surface area contributed by atoms with E-state index in [1.54, 1.807) is 30.7 Å². The molecule has 5 heteroatoms. The Labute approximate surface area is 141 Å². The van der Waals surface area contributed by atoms with Gasteiger partial charge in [0.25, 0.3) is 0 Å². The topological polar surface area (TPSA) is 67.7 Å². The summed E-state index contributed by atoms with van der Waals surface area (Å²) in [5.41, 5.74) is 0.955. The number of carbonyl (C=O) groups excluding carboxylic acids is 1. The fourth-order valence-corrected chi connectivity index (χ4v) is 1.95. The van der Waals surface area contributed by atoms with Crippen molar-refractivity contribution in [1.82, 2.24) is 5.32 Å². The van der Waals surface area contributed by atoms with Crippen LogP contribution in [0.25, 0.3) is 12.2 Å². The minimum Gasteiger partial charge on any atom is -0.465 e. The average molecular weight is 326 g/mol. The third-order valence-electron chi connectivity index (χ3n) is 3.22. The van der Waals surface area contributed by atoms with Gasteiger partial charge in [-0.3, -0.25) is 9.79 Å². The molecule has 24 heavy (non-hydrogen) atoms. The standard InChI is InChI=1S/C19H22N2O3/c1-16(8-9-17-6-4-14-23-17)20-12-2-3-13-21-19(22)11-10-18-7-5-15-24-18/h4-11,14-15H,2-3,12-13H2,1H3,(H,21,22)/b9-8+,11-10+,20-16?. The first-order chi connectivity index (χ1) is 11.7. The zero-order valence-electron chi connectivity index (χ0n) is 13.8. The first kappa shape index (κ1) is 17.5. The van der Waals surface area contributed by atoms with Gasteiger partial charge in [-0.05, 0) is 62.3 Å². The number of nitrogens with zero attached hydrogens (tertiary/aromatic N) is 1. The van der Waals surface area contributed by atoms with Gasteiger partial charge >= 0.3 is 0 Å². The molecule has 0 atom stereocenters.